The molecule has 0 aliphatic rings. The molecule has 0 fully saturated rings. The maximum Gasteiger partial charge on any atom is 0.262 e. The summed E-state index contributed by atoms with van der Waals surface area (Å²) >= 11 is 0. The van der Waals surface area contributed by atoms with Crippen LogP contribution in [0.5, 0.6) is 11.5 Å². The molecule has 6 nitrogen and oxygen atoms in total. The molecule has 0 heterocycles. The van der Waals surface area contributed by atoms with E-state index in [2.05, 4.69) is 5.32 Å². The second-order valence-electron chi connectivity index (χ2n) is 6.41. The maximum absolute atomic E-state index is 12.3. The summed E-state index contributed by atoms with van der Waals surface area (Å²) in [5, 5.41) is 12.0. The Morgan fingerprint density at radius 2 is 1.71 bits per heavy atom. The van der Waals surface area contributed by atoms with E-state index >= 15 is 0 Å². The van der Waals surface area contributed by atoms with Crippen LogP contribution >= 0.6 is 0 Å². The number of nitrogens with zero attached hydrogens (tertiary/aromatic N) is 2. The standard InChI is InChI=1S/C23H25N3O3.C2H6/c1-26(2)20-11-8-17(9-12-20)6-5-7-19(15-24)23(27)25-16-18-10-13-21(28-3)22(14-18)29-4;1-2/h5-14H,16H2,1-4H3,(H,25,27);1-2H3/b6-5+,19-7+;. The minimum Gasteiger partial charge on any atom is -0.493 e. The third-order valence-corrected chi connectivity index (χ3v) is 4.23. The molecule has 0 aromatic heterocycles. The van der Waals surface area contributed by atoms with Crippen molar-refractivity contribution in [3.63, 3.8) is 0 Å². The molecule has 2 aromatic rings. The fraction of sp³-hybridized carbons (Fsp3) is 0.280. The number of carbonyl (C=O) groups is 1. The van der Waals surface area contributed by atoms with E-state index in [4.69, 9.17) is 9.47 Å². The summed E-state index contributed by atoms with van der Waals surface area (Å²) in [6.07, 6.45) is 5.04. The molecular weight excluding hydrogens is 390 g/mol. The van der Waals surface area contributed by atoms with E-state index in [-0.39, 0.29) is 12.1 Å². The van der Waals surface area contributed by atoms with Crippen LogP contribution < -0.4 is 19.7 Å². The van der Waals surface area contributed by atoms with Gasteiger partial charge < -0.3 is 19.7 Å². The van der Waals surface area contributed by atoms with E-state index in [1.165, 1.54) is 6.08 Å². The average molecular weight is 422 g/mol. The van der Waals surface area contributed by atoms with Crippen molar-refractivity contribution in [1.29, 1.82) is 5.26 Å². The van der Waals surface area contributed by atoms with Crippen LogP contribution in [0.2, 0.25) is 0 Å². The number of rotatable bonds is 8. The van der Waals surface area contributed by atoms with Crippen LogP contribution in [-0.2, 0) is 11.3 Å². The number of hydrogen-bond donors (Lipinski definition) is 1. The number of nitriles is 1. The maximum atomic E-state index is 12.3. The lowest BCUT2D eigenvalue weighted by Gasteiger charge is -2.11. The predicted molar refractivity (Wildman–Crippen MR) is 126 cm³/mol. The molecule has 0 saturated heterocycles. The smallest absolute Gasteiger partial charge is 0.262 e. The Morgan fingerprint density at radius 1 is 1.06 bits per heavy atom. The first-order valence-electron chi connectivity index (χ1n) is 10.0. The Hall–Kier alpha value is -3.72. The van der Waals surface area contributed by atoms with E-state index in [0.717, 1.165) is 16.8 Å². The van der Waals surface area contributed by atoms with Gasteiger partial charge in [-0.25, -0.2) is 0 Å². The van der Waals surface area contributed by atoms with Crippen LogP contribution in [0, 0.1) is 11.3 Å². The van der Waals surface area contributed by atoms with Crippen molar-refractivity contribution in [2.24, 2.45) is 0 Å². The third-order valence-electron chi connectivity index (χ3n) is 4.23. The Balaban J connectivity index is 0.00000233. The minimum atomic E-state index is -0.435. The number of hydrogen-bond acceptors (Lipinski definition) is 5. The predicted octanol–water partition coefficient (Wildman–Crippen LogP) is 4.58. The molecule has 0 spiro atoms. The second-order valence-corrected chi connectivity index (χ2v) is 6.41. The van der Waals surface area contributed by atoms with Gasteiger partial charge in [0.1, 0.15) is 11.6 Å². The van der Waals surface area contributed by atoms with Gasteiger partial charge in [0.25, 0.3) is 5.91 Å². The monoisotopic (exact) mass is 421 g/mol. The highest BCUT2D eigenvalue weighted by molar-refractivity contribution is 5.97. The van der Waals surface area contributed by atoms with Gasteiger partial charge >= 0.3 is 0 Å². The van der Waals surface area contributed by atoms with E-state index in [1.807, 2.05) is 75.3 Å². The topological polar surface area (TPSA) is 74.6 Å². The molecular formula is C25H31N3O3. The number of amides is 1. The van der Waals surface area contributed by atoms with Crippen LogP contribution in [0.3, 0.4) is 0 Å². The Morgan fingerprint density at radius 3 is 2.26 bits per heavy atom. The summed E-state index contributed by atoms with van der Waals surface area (Å²) < 4.78 is 10.5. The molecule has 0 aliphatic carbocycles. The Kier molecular flexibility index (Phi) is 11.0. The van der Waals surface area contributed by atoms with Gasteiger partial charge in [0.15, 0.2) is 11.5 Å². The quantitative estimate of drug-likeness (QED) is 0.384. The van der Waals surface area contributed by atoms with Gasteiger partial charge in [-0.15, -0.1) is 0 Å². The van der Waals surface area contributed by atoms with Gasteiger partial charge in [-0.2, -0.15) is 5.26 Å². The lowest BCUT2D eigenvalue weighted by molar-refractivity contribution is -0.117. The molecule has 0 aliphatic heterocycles. The highest BCUT2D eigenvalue weighted by Crippen LogP contribution is 2.27. The second kappa shape index (κ2) is 13.5. The lowest BCUT2D eigenvalue weighted by atomic mass is 10.1. The first-order valence-corrected chi connectivity index (χ1v) is 10.0. The van der Waals surface area contributed by atoms with E-state index in [0.29, 0.717) is 11.5 Å². The summed E-state index contributed by atoms with van der Waals surface area (Å²) in [6, 6.07) is 15.3. The number of methoxy groups -OCH3 is 2. The highest BCUT2D eigenvalue weighted by atomic mass is 16.5. The van der Waals surface area contributed by atoms with Crippen molar-refractivity contribution >= 4 is 17.7 Å². The van der Waals surface area contributed by atoms with Crippen molar-refractivity contribution in [3.8, 4) is 17.6 Å². The van der Waals surface area contributed by atoms with Gasteiger partial charge in [-0.05, 0) is 41.5 Å². The van der Waals surface area contributed by atoms with Gasteiger partial charge in [0.2, 0.25) is 0 Å². The summed E-state index contributed by atoms with van der Waals surface area (Å²) in [5.74, 6) is 0.761. The minimum absolute atomic E-state index is 0.0339. The summed E-state index contributed by atoms with van der Waals surface area (Å²) in [6.45, 7) is 4.27. The first-order chi connectivity index (χ1) is 15.0. The molecule has 0 saturated carbocycles. The first kappa shape index (κ1) is 25.3. The number of benzene rings is 2. The van der Waals surface area contributed by atoms with Crippen molar-refractivity contribution in [3.05, 3.63) is 71.3 Å². The van der Waals surface area contributed by atoms with Crippen molar-refractivity contribution in [2.45, 2.75) is 20.4 Å². The van der Waals surface area contributed by atoms with E-state index < -0.39 is 5.91 Å². The zero-order valence-corrected chi connectivity index (χ0v) is 19.1. The van der Waals surface area contributed by atoms with Crippen molar-refractivity contribution in [2.75, 3.05) is 33.2 Å². The summed E-state index contributed by atoms with van der Waals surface area (Å²) in [7, 11) is 7.07. The van der Waals surface area contributed by atoms with Crippen LogP contribution in [-0.4, -0.2) is 34.2 Å². The summed E-state index contributed by atoms with van der Waals surface area (Å²) in [5.41, 5.74) is 2.95. The van der Waals surface area contributed by atoms with Gasteiger partial charge in [0.05, 0.1) is 14.2 Å². The molecule has 0 radical (unpaired) electrons. The fourth-order valence-electron chi connectivity index (χ4n) is 2.57. The fourth-order valence-corrected chi connectivity index (χ4v) is 2.57. The SMILES string of the molecule is CC.COc1ccc(CNC(=O)/C(C#N)=C/C=C/c2ccc(N(C)C)cc2)cc1OC. The zero-order chi connectivity index (χ0) is 23.2. The average Bonchev–Trinajstić information content (AvgIpc) is 2.81. The van der Waals surface area contributed by atoms with Crippen LogP contribution in [0.25, 0.3) is 6.08 Å². The Labute approximate surface area is 185 Å². The Bertz CT molecular complexity index is 939. The number of allylic oxidation sites excluding steroid dienone is 2. The van der Waals surface area contributed by atoms with Crippen LogP contribution in [0.15, 0.2) is 60.2 Å². The largest absolute Gasteiger partial charge is 0.493 e. The van der Waals surface area contributed by atoms with E-state index in [1.54, 1.807) is 32.4 Å². The molecule has 2 aromatic carbocycles. The number of nitrogens with one attached hydrogen (secondary N) is 1. The van der Waals surface area contributed by atoms with Crippen LogP contribution in [0.1, 0.15) is 25.0 Å². The zero-order valence-electron chi connectivity index (χ0n) is 19.1. The van der Waals surface area contributed by atoms with Gasteiger partial charge in [-0.1, -0.05) is 44.2 Å². The number of carbonyl (C=O) groups excluding carboxylic acids is 1. The van der Waals surface area contributed by atoms with Crippen LogP contribution in [0.4, 0.5) is 5.69 Å². The number of anilines is 1. The molecule has 1 N–H and O–H groups in total. The normalized spacial score (nSPS) is 10.5. The third kappa shape index (κ3) is 7.90. The molecule has 0 bridgehead atoms. The number of ether oxygens (including phenoxy) is 2. The van der Waals surface area contributed by atoms with Crippen molar-refractivity contribution < 1.29 is 14.3 Å². The molecule has 1 amide bonds. The van der Waals surface area contributed by atoms with E-state index in [9.17, 15) is 10.1 Å². The molecule has 164 valence electrons. The van der Waals surface area contributed by atoms with Crippen molar-refractivity contribution in [1.82, 2.24) is 5.32 Å². The molecule has 0 atom stereocenters. The molecule has 6 heteroatoms. The molecule has 2 rings (SSSR count). The van der Waals surface area contributed by atoms with Gasteiger partial charge in [0, 0.05) is 26.3 Å². The highest BCUT2D eigenvalue weighted by Gasteiger charge is 2.09. The lowest BCUT2D eigenvalue weighted by Crippen LogP contribution is -2.24. The molecule has 31 heavy (non-hydrogen) atoms. The van der Waals surface area contributed by atoms with Gasteiger partial charge in [-0.3, -0.25) is 4.79 Å². The summed E-state index contributed by atoms with van der Waals surface area (Å²) in [4.78, 5) is 14.3. The molecule has 0 unspecified atom stereocenters.